The zero-order chi connectivity index (χ0) is 8.69. The highest BCUT2D eigenvalue weighted by molar-refractivity contribution is 5.31. The van der Waals surface area contributed by atoms with E-state index in [2.05, 4.69) is 30.8 Å². The molecule has 0 bridgehead atoms. The first-order valence-electron chi connectivity index (χ1n) is 3.64. The van der Waals surface area contributed by atoms with Crippen LogP contribution in [0.2, 0.25) is 0 Å². The number of hydrogen-bond donors (Lipinski definition) is 0. The van der Waals surface area contributed by atoms with Crippen molar-refractivity contribution in [2.45, 2.75) is 20.8 Å². The maximum atomic E-state index is 3.67. The lowest BCUT2D eigenvalue weighted by molar-refractivity contribution is 1.39. The first kappa shape index (κ1) is 9.89. The van der Waals surface area contributed by atoms with Crippen molar-refractivity contribution in [1.82, 2.24) is 0 Å². The molecule has 0 radical (unpaired) electrons. The summed E-state index contributed by atoms with van der Waals surface area (Å²) in [5.41, 5.74) is 2.35. The van der Waals surface area contributed by atoms with E-state index in [9.17, 15) is 0 Å². The number of nitrogens with zero attached hydrogens (tertiary/aromatic N) is 1. The molecule has 0 unspecified atom stereocenters. The van der Waals surface area contributed by atoms with Crippen LogP contribution in [0, 0.1) is 0 Å². The molecule has 0 aliphatic rings. The summed E-state index contributed by atoms with van der Waals surface area (Å²) in [4.78, 5) is 3.67. The van der Waals surface area contributed by atoms with Gasteiger partial charge >= 0.3 is 0 Å². The minimum Gasteiger partial charge on any atom is -0.272 e. The van der Waals surface area contributed by atoms with Gasteiger partial charge < -0.3 is 0 Å². The fraction of sp³-hybridized carbons (Fsp3) is 0.300. The summed E-state index contributed by atoms with van der Waals surface area (Å²) in [6.45, 7) is 9.44. The smallest absolute Gasteiger partial charge is 0.0289 e. The van der Waals surface area contributed by atoms with Crippen LogP contribution in [-0.2, 0) is 0 Å². The Labute approximate surface area is 68.9 Å². The van der Waals surface area contributed by atoms with Crippen LogP contribution < -0.4 is 0 Å². The molecule has 0 amide bonds. The van der Waals surface area contributed by atoms with Gasteiger partial charge in [-0.3, -0.25) is 4.99 Å². The first-order valence-corrected chi connectivity index (χ1v) is 3.64. The summed E-state index contributed by atoms with van der Waals surface area (Å²) in [7, 11) is 0. The highest BCUT2D eigenvalue weighted by Crippen LogP contribution is 2.02. The second-order valence-corrected chi connectivity index (χ2v) is 2.44. The van der Waals surface area contributed by atoms with Gasteiger partial charge in [0.1, 0.15) is 0 Å². The van der Waals surface area contributed by atoms with Crippen LogP contribution in [0.25, 0.3) is 0 Å². The van der Waals surface area contributed by atoms with E-state index in [1.807, 2.05) is 19.9 Å². The van der Waals surface area contributed by atoms with Crippen molar-refractivity contribution in [1.29, 1.82) is 0 Å². The summed E-state index contributed by atoms with van der Waals surface area (Å²) in [5, 5.41) is 0. The Balaban J connectivity index is 4.29. The Hall–Kier alpha value is -1.11. The van der Waals surface area contributed by atoms with E-state index in [1.54, 1.807) is 6.20 Å². The lowest BCUT2D eigenvalue weighted by Gasteiger charge is -1.91. The average Bonchev–Trinajstić information content (AvgIpc) is 1.87. The Kier molecular flexibility index (Phi) is 5.09. The topological polar surface area (TPSA) is 12.4 Å². The number of aliphatic imine (C=N–C) groups is 1. The Morgan fingerprint density at radius 1 is 1.27 bits per heavy atom. The van der Waals surface area contributed by atoms with Crippen LogP contribution in [0.3, 0.4) is 0 Å². The van der Waals surface area contributed by atoms with Gasteiger partial charge in [-0.1, -0.05) is 23.8 Å². The third kappa shape index (κ3) is 5.34. The molecule has 1 nitrogen and oxygen atoms in total. The Morgan fingerprint density at radius 3 is 2.36 bits per heavy atom. The summed E-state index contributed by atoms with van der Waals surface area (Å²) in [5.74, 6) is 0. The van der Waals surface area contributed by atoms with Gasteiger partial charge in [-0.05, 0) is 33.1 Å². The van der Waals surface area contributed by atoms with Gasteiger partial charge in [0.05, 0.1) is 0 Å². The SMILES string of the molecule is C=N\C=C(C)/C=C(C)/C=C\C. The molecule has 0 atom stereocenters. The molecule has 0 N–H and O–H groups in total. The standard InChI is InChI=1S/C10H15N/c1-5-6-9(2)7-10(3)8-11-4/h5-8H,4H2,1-3H3/b6-5-,9-7+,10-8-. The van der Waals surface area contributed by atoms with E-state index in [1.165, 1.54) is 5.57 Å². The van der Waals surface area contributed by atoms with Crippen molar-refractivity contribution in [2.24, 2.45) is 4.99 Å². The maximum absolute atomic E-state index is 3.67. The van der Waals surface area contributed by atoms with Gasteiger partial charge in [-0.2, -0.15) is 0 Å². The summed E-state index contributed by atoms with van der Waals surface area (Å²) < 4.78 is 0. The van der Waals surface area contributed by atoms with Gasteiger partial charge in [-0.25, -0.2) is 0 Å². The van der Waals surface area contributed by atoms with Crippen molar-refractivity contribution in [2.75, 3.05) is 0 Å². The molecule has 0 saturated heterocycles. The van der Waals surface area contributed by atoms with E-state index >= 15 is 0 Å². The van der Waals surface area contributed by atoms with Crippen LogP contribution in [0.4, 0.5) is 0 Å². The van der Waals surface area contributed by atoms with Gasteiger partial charge in [-0.15, -0.1) is 0 Å². The van der Waals surface area contributed by atoms with Crippen molar-refractivity contribution >= 4 is 6.72 Å². The molecule has 0 rings (SSSR count). The van der Waals surface area contributed by atoms with E-state index in [0.717, 1.165) is 5.57 Å². The molecular formula is C10H15N. The largest absolute Gasteiger partial charge is 0.272 e. The summed E-state index contributed by atoms with van der Waals surface area (Å²) in [6, 6.07) is 0. The molecular weight excluding hydrogens is 134 g/mol. The molecule has 1 heteroatoms. The highest BCUT2D eigenvalue weighted by atomic mass is 14.6. The zero-order valence-corrected chi connectivity index (χ0v) is 7.46. The van der Waals surface area contributed by atoms with Crippen LogP contribution in [0.5, 0.6) is 0 Å². The molecule has 0 fully saturated rings. The maximum Gasteiger partial charge on any atom is 0.0289 e. The Morgan fingerprint density at radius 2 is 1.91 bits per heavy atom. The second-order valence-electron chi connectivity index (χ2n) is 2.44. The fourth-order valence-electron chi connectivity index (χ4n) is 0.851. The van der Waals surface area contributed by atoms with E-state index < -0.39 is 0 Å². The first-order chi connectivity index (χ1) is 5.20. The molecule has 0 aliphatic heterocycles. The molecule has 0 aliphatic carbocycles. The van der Waals surface area contributed by atoms with Gasteiger partial charge in [0.2, 0.25) is 0 Å². The number of rotatable bonds is 3. The second kappa shape index (κ2) is 5.66. The highest BCUT2D eigenvalue weighted by Gasteiger charge is 1.82. The molecule has 0 saturated carbocycles. The minimum absolute atomic E-state index is 1.12. The summed E-state index contributed by atoms with van der Waals surface area (Å²) >= 11 is 0. The predicted octanol–water partition coefficient (Wildman–Crippen LogP) is 3.11. The quantitative estimate of drug-likeness (QED) is 0.432. The van der Waals surface area contributed by atoms with Crippen molar-refractivity contribution in [3.05, 3.63) is 35.6 Å². The molecule has 11 heavy (non-hydrogen) atoms. The summed E-state index contributed by atoms with van der Waals surface area (Å²) in [6.07, 6.45) is 7.88. The number of hydrogen-bond acceptors (Lipinski definition) is 1. The molecule has 0 spiro atoms. The molecule has 0 aromatic heterocycles. The van der Waals surface area contributed by atoms with Gasteiger partial charge in [0.15, 0.2) is 0 Å². The van der Waals surface area contributed by atoms with E-state index in [4.69, 9.17) is 0 Å². The molecule has 0 heterocycles. The van der Waals surface area contributed by atoms with E-state index in [-0.39, 0.29) is 0 Å². The lowest BCUT2D eigenvalue weighted by atomic mass is 10.2. The van der Waals surface area contributed by atoms with Crippen LogP contribution in [-0.4, -0.2) is 6.72 Å². The van der Waals surface area contributed by atoms with E-state index in [0.29, 0.717) is 0 Å². The fourth-order valence-corrected chi connectivity index (χ4v) is 0.851. The zero-order valence-electron chi connectivity index (χ0n) is 7.46. The van der Waals surface area contributed by atoms with Crippen molar-refractivity contribution in [3.63, 3.8) is 0 Å². The Bertz CT molecular complexity index is 207. The molecule has 0 aromatic carbocycles. The van der Waals surface area contributed by atoms with Crippen LogP contribution in [0.1, 0.15) is 20.8 Å². The number of allylic oxidation sites excluding steroid dienone is 5. The molecule has 0 aromatic rings. The van der Waals surface area contributed by atoms with Gasteiger partial charge in [0, 0.05) is 6.20 Å². The van der Waals surface area contributed by atoms with Crippen LogP contribution in [0.15, 0.2) is 40.6 Å². The molecule has 60 valence electrons. The van der Waals surface area contributed by atoms with Crippen molar-refractivity contribution in [3.8, 4) is 0 Å². The van der Waals surface area contributed by atoms with Gasteiger partial charge in [0.25, 0.3) is 0 Å². The average molecular weight is 149 g/mol. The third-order valence-corrected chi connectivity index (χ3v) is 1.18. The monoisotopic (exact) mass is 149 g/mol. The van der Waals surface area contributed by atoms with Crippen molar-refractivity contribution < 1.29 is 0 Å². The predicted molar refractivity (Wildman–Crippen MR) is 51.9 cm³/mol. The third-order valence-electron chi connectivity index (χ3n) is 1.18. The normalized spacial score (nSPS) is 14.1. The van der Waals surface area contributed by atoms with Crippen LogP contribution >= 0.6 is 0 Å². The minimum atomic E-state index is 1.12. The lowest BCUT2D eigenvalue weighted by Crippen LogP contribution is -1.71.